The molecule has 2 saturated heterocycles. The lowest BCUT2D eigenvalue weighted by atomic mass is 9.63. The molecule has 0 unspecified atom stereocenters. The number of halogens is 1. The number of amides is 2. The number of allylic oxidation sites excluding steroid dienone is 1. The van der Waals surface area contributed by atoms with Gasteiger partial charge in [-0.25, -0.2) is 13.1 Å². The normalized spacial score (nSPS) is 35.7. The van der Waals surface area contributed by atoms with Crippen LogP contribution in [0, 0.1) is 17.8 Å². The standard InChI is InChI=1S/C42H55ClN4O7S/c1-27-7-5-16-42(52-4,25-45-17-18-47-34(22-45)23-53-28(2)40(47)49)36-12-9-32(36)21-46-24-41(15-6-8-30-19-33(43)11-13-35(30)41)26-54-38-14-10-31(20-37(38)46)39(48)44-55(50,51)29(27)3/h5,10-11,13-14,16,19-20,27-29,32,34,36H,6-9,12,15,17-18,21-26H2,1-4H3,(H,44,48)/b16-5+/t27-,28-,29+,32-,34-,36+,41-,42-/m0/s1. The van der Waals surface area contributed by atoms with Crippen LogP contribution in [0.5, 0.6) is 5.75 Å². The molecule has 3 fully saturated rings. The van der Waals surface area contributed by atoms with Crippen molar-refractivity contribution in [2.24, 2.45) is 17.8 Å². The topological polar surface area (TPSA) is 118 Å². The van der Waals surface area contributed by atoms with E-state index >= 15 is 0 Å². The van der Waals surface area contributed by atoms with Gasteiger partial charge in [0.15, 0.2) is 0 Å². The Morgan fingerprint density at radius 2 is 1.89 bits per heavy atom. The summed E-state index contributed by atoms with van der Waals surface area (Å²) in [4.78, 5) is 33.4. The smallest absolute Gasteiger partial charge is 0.264 e. The molecule has 11 nitrogen and oxygen atoms in total. The lowest BCUT2D eigenvalue weighted by Crippen LogP contribution is -2.65. The SMILES string of the molecule is CO[C@]1(CN2CCN3C(=O)[C@H](C)OC[C@@H]3C2)/C=C/C[C@H](C)[C@@H](C)S(=O)(=O)NC(=O)c2ccc3c(c2)N(C[C@@H]2CC[C@H]21)C[C@@]1(CCCc2cc(Cl)ccc21)CO3. The molecule has 55 heavy (non-hydrogen) atoms. The molecule has 0 radical (unpaired) electrons. The first-order chi connectivity index (χ1) is 26.3. The molecule has 8 atom stereocenters. The second-order valence-corrected chi connectivity index (χ2v) is 19.6. The van der Waals surface area contributed by atoms with E-state index in [0.29, 0.717) is 51.6 Å². The van der Waals surface area contributed by atoms with E-state index in [1.54, 1.807) is 20.1 Å². The number of fused-ring (bicyclic) bond motifs is 5. The van der Waals surface area contributed by atoms with Crippen LogP contribution in [-0.2, 0) is 36.1 Å². The number of anilines is 1. The fourth-order valence-electron chi connectivity index (χ4n) is 10.2. The summed E-state index contributed by atoms with van der Waals surface area (Å²) in [5, 5.41) is -0.0880. The molecule has 0 aromatic heterocycles. The first kappa shape index (κ1) is 38.7. The molecule has 2 aromatic rings. The molecule has 2 amide bonds. The van der Waals surface area contributed by atoms with Crippen molar-refractivity contribution in [3.63, 3.8) is 0 Å². The molecule has 1 N–H and O–H groups in total. The maximum absolute atomic E-state index is 13.7. The fraction of sp³-hybridized carbons (Fsp3) is 0.619. The van der Waals surface area contributed by atoms with Gasteiger partial charge in [-0.1, -0.05) is 36.7 Å². The number of sulfonamides is 1. The molecular weight excluding hydrogens is 740 g/mol. The van der Waals surface area contributed by atoms with Crippen LogP contribution in [0.1, 0.15) is 74.4 Å². The number of methoxy groups -OCH3 is 1. The van der Waals surface area contributed by atoms with E-state index < -0.39 is 32.9 Å². The van der Waals surface area contributed by atoms with E-state index in [-0.39, 0.29) is 40.7 Å². The Kier molecular flexibility index (Phi) is 10.5. The lowest BCUT2D eigenvalue weighted by Gasteiger charge is -2.53. The van der Waals surface area contributed by atoms with Crippen LogP contribution in [-0.4, -0.2) is 113 Å². The number of nitrogens with one attached hydrogen (secondary N) is 1. The quantitative estimate of drug-likeness (QED) is 0.419. The van der Waals surface area contributed by atoms with Crippen LogP contribution in [0.25, 0.3) is 0 Å². The molecular formula is C42H55ClN4O7S. The Labute approximate surface area is 330 Å². The first-order valence-electron chi connectivity index (χ1n) is 20.1. The summed E-state index contributed by atoms with van der Waals surface area (Å²) in [5.74, 6) is 0.281. The Bertz CT molecular complexity index is 1960. The van der Waals surface area contributed by atoms with Crippen molar-refractivity contribution in [2.75, 3.05) is 64.5 Å². The predicted octanol–water partition coefficient (Wildman–Crippen LogP) is 5.20. The number of nitrogens with zero attached hydrogens (tertiary/aromatic N) is 3. The number of piperazine rings is 1. The Balaban J connectivity index is 1.18. The predicted molar refractivity (Wildman–Crippen MR) is 212 cm³/mol. The van der Waals surface area contributed by atoms with Gasteiger partial charge in [0.1, 0.15) is 17.5 Å². The number of carbonyl (C=O) groups excluding carboxylic acids is 2. The average Bonchev–Trinajstić information content (AvgIpc) is 3.30. The third-order valence-corrected chi connectivity index (χ3v) is 16.0. The van der Waals surface area contributed by atoms with Crippen molar-refractivity contribution >= 4 is 39.1 Å². The second-order valence-electron chi connectivity index (χ2n) is 17.1. The van der Waals surface area contributed by atoms with Crippen molar-refractivity contribution in [3.8, 4) is 5.75 Å². The van der Waals surface area contributed by atoms with E-state index in [9.17, 15) is 18.0 Å². The third-order valence-electron chi connectivity index (χ3n) is 13.8. The minimum atomic E-state index is -3.99. The number of benzene rings is 2. The molecule has 2 aromatic carbocycles. The maximum Gasteiger partial charge on any atom is 0.264 e. The fourth-order valence-corrected chi connectivity index (χ4v) is 11.7. The number of hydrogen-bond acceptors (Lipinski definition) is 9. The van der Waals surface area contributed by atoms with Gasteiger partial charge in [-0.15, -0.1) is 0 Å². The largest absolute Gasteiger partial charge is 0.490 e. The Hall–Kier alpha value is -3.16. The van der Waals surface area contributed by atoms with Gasteiger partial charge in [-0.2, -0.15) is 0 Å². The Morgan fingerprint density at radius 3 is 2.67 bits per heavy atom. The molecule has 13 heteroatoms. The number of ether oxygens (including phenoxy) is 3. The van der Waals surface area contributed by atoms with E-state index in [4.69, 9.17) is 25.8 Å². The van der Waals surface area contributed by atoms with Crippen LogP contribution < -0.4 is 14.4 Å². The zero-order valence-corrected chi connectivity index (χ0v) is 34.0. The number of aryl methyl sites for hydroxylation is 1. The first-order valence-corrected chi connectivity index (χ1v) is 22.0. The minimum absolute atomic E-state index is 0.00718. The summed E-state index contributed by atoms with van der Waals surface area (Å²) < 4.78 is 48.9. The molecule has 2 aliphatic carbocycles. The zero-order chi connectivity index (χ0) is 38.7. The van der Waals surface area contributed by atoms with Crippen LogP contribution in [0.3, 0.4) is 0 Å². The van der Waals surface area contributed by atoms with E-state index in [1.165, 1.54) is 11.1 Å². The zero-order valence-electron chi connectivity index (χ0n) is 32.5. The van der Waals surface area contributed by atoms with Gasteiger partial charge in [0.25, 0.3) is 11.8 Å². The van der Waals surface area contributed by atoms with Gasteiger partial charge in [0.2, 0.25) is 10.0 Å². The molecule has 298 valence electrons. The number of morpholine rings is 1. The summed E-state index contributed by atoms with van der Waals surface area (Å²) in [6.07, 6.45) is 9.31. The summed E-state index contributed by atoms with van der Waals surface area (Å²) in [5.41, 5.74) is 2.64. The van der Waals surface area contributed by atoms with Crippen LogP contribution in [0.2, 0.25) is 5.02 Å². The van der Waals surface area contributed by atoms with Crippen molar-refractivity contribution in [1.29, 1.82) is 0 Å². The summed E-state index contributed by atoms with van der Waals surface area (Å²) in [6.45, 7) is 10.5. The summed E-state index contributed by atoms with van der Waals surface area (Å²) >= 11 is 6.50. The van der Waals surface area contributed by atoms with E-state index in [2.05, 4.69) is 38.8 Å². The minimum Gasteiger partial charge on any atom is -0.490 e. The lowest BCUT2D eigenvalue weighted by molar-refractivity contribution is -0.164. The number of carbonyl (C=O) groups is 2. The monoisotopic (exact) mass is 794 g/mol. The molecule has 4 heterocycles. The van der Waals surface area contributed by atoms with Crippen LogP contribution in [0.15, 0.2) is 48.6 Å². The highest BCUT2D eigenvalue weighted by atomic mass is 35.5. The Morgan fingerprint density at radius 1 is 1.05 bits per heavy atom. The summed E-state index contributed by atoms with van der Waals surface area (Å²) in [6, 6.07) is 11.5. The van der Waals surface area contributed by atoms with E-state index in [1.807, 2.05) is 36.9 Å². The van der Waals surface area contributed by atoms with Gasteiger partial charge >= 0.3 is 0 Å². The van der Waals surface area contributed by atoms with Crippen molar-refractivity contribution in [1.82, 2.24) is 14.5 Å². The second kappa shape index (κ2) is 15.0. The molecule has 6 aliphatic rings. The van der Waals surface area contributed by atoms with Crippen molar-refractivity contribution < 1.29 is 32.2 Å². The van der Waals surface area contributed by atoms with Gasteiger partial charge in [-0.05, 0) is 112 Å². The molecule has 8 rings (SSSR count). The highest BCUT2D eigenvalue weighted by molar-refractivity contribution is 7.90. The highest BCUT2D eigenvalue weighted by Crippen LogP contribution is 2.49. The van der Waals surface area contributed by atoms with Crippen molar-refractivity contribution in [2.45, 2.75) is 87.7 Å². The van der Waals surface area contributed by atoms with E-state index in [0.717, 1.165) is 55.9 Å². The average molecular weight is 795 g/mol. The van der Waals surface area contributed by atoms with Crippen LogP contribution in [0.4, 0.5) is 5.69 Å². The number of rotatable bonds is 3. The van der Waals surface area contributed by atoms with Gasteiger partial charge < -0.3 is 24.0 Å². The van der Waals surface area contributed by atoms with Gasteiger partial charge in [-0.3, -0.25) is 14.5 Å². The third kappa shape index (κ3) is 7.19. The molecule has 1 saturated carbocycles. The molecule has 2 bridgehead atoms. The number of hydrogen-bond donors (Lipinski definition) is 1. The van der Waals surface area contributed by atoms with Gasteiger partial charge in [0.05, 0.1) is 30.2 Å². The summed E-state index contributed by atoms with van der Waals surface area (Å²) in [7, 11) is -2.19. The maximum atomic E-state index is 13.7. The van der Waals surface area contributed by atoms with Crippen LogP contribution >= 0.6 is 11.6 Å². The molecule has 1 spiro atoms. The van der Waals surface area contributed by atoms with Crippen molar-refractivity contribution in [3.05, 3.63) is 70.3 Å². The highest BCUT2D eigenvalue weighted by Gasteiger charge is 2.51. The molecule has 4 aliphatic heterocycles. The van der Waals surface area contributed by atoms with Gasteiger partial charge in [0, 0.05) is 62.4 Å².